The molecule has 3 N–H and O–H groups in total. The normalized spacial score (nSPS) is 32.8. The van der Waals surface area contributed by atoms with Crippen LogP contribution in [0.1, 0.15) is 24.8 Å². The van der Waals surface area contributed by atoms with Gasteiger partial charge in [-0.3, -0.25) is 0 Å². The minimum Gasteiger partial charge on any atom is -0.335 e. The lowest BCUT2D eigenvalue weighted by Crippen LogP contribution is -3.29. The van der Waals surface area contributed by atoms with E-state index in [1.54, 1.807) is 4.90 Å². The third-order valence-corrected chi connectivity index (χ3v) is 5.85. The summed E-state index contributed by atoms with van der Waals surface area (Å²) in [6.07, 6.45) is 5.50. The summed E-state index contributed by atoms with van der Waals surface area (Å²) in [5.41, 5.74) is 1.50. The Balaban J connectivity index is 1.33. The SMILES string of the molecule is C[NH+]1CC[NH+](C2CC[NH+](CCCc3ccccc3)CC2)CC1. The first-order chi connectivity index (χ1) is 10.8. The van der Waals surface area contributed by atoms with Crippen LogP contribution in [-0.2, 0) is 6.42 Å². The van der Waals surface area contributed by atoms with Gasteiger partial charge in [0.05, 0.1) is 32.7 Å². The van der Waals surface area contributed by atoms with Crippen molar-refractivity contribution in [1.82, 2.24) is 0 Å². The number of likely N-dealkylation sites (tertiary alicyclic amines) is 1. The zero-order valence-corrected chi connectivity index (χ0v) is 14.2. The Morgan fingerprint density at radius 3 is 2.27 bits per heavy atom. The summed E-state index contributed by atoms with van der Waals surface area (Å²) in [4.78, 5) is 5.49. The number of piperazine rings is 1. The second kappa shape index (κ2) is 8.09. The van der Waals surface area contributed by atoms with Crippen molar-refractivity contribution < 1.29 is 14.7 Å². The van der Waals surface area contributed by atoms with Crippen molar-refractivity contribution in [3.8, 4) is 0 Å². The third-order valence-electron chi connectivity index (χ3n) is 5.85. The van der Waals surface area contributed by atoms with Gasteiger partial charge in [0, 0.05) is 19.3 Å². The number of piperidine rings is 1. The maximum Gasteiger partial charge on any atom is 0.127 e. The molecule has 2 fully saturated rings. The lowest BCUT2D eigenvalue weighted by atomic mass is 10.0. The largest absolute Gasteiger partial charge is 0.335 e. The summed E-state index contributed by atoms with van der Waals surface area (Å²) in [7, 11) is 2.34. The van der Waals surface area contributed by atoms with Crippen LogP contribution in [0.2, 0.25) is 0 Å². The maximum atomic E-state index is 2.34. The van der Waals surface area contributed by atoms with E-state index in [0.29, 0.717) is 0 Å². The van der Waals surface area contributed by atoms with E-state index in [2.05, 4.69) is 37.4 Å². The smallest absolute Gasteiger partial charge is 0.127 e. The van der Waals surface area contributed by atoms with Gasteiger partial charge in [0.25, 0.3) is 0 Å². The number of benzene rings is 1. The van der Waals surface area contributed by atoms with Crippen molar-refractivity contribution in [2.45, 2.75) is 31.7 Å². The van der Waals surface area contributed by atoms with Crippen molar-refractivity contribution in [3.63, 3.8) is 0 Å². The van der Waals surface area contributed by atoms with Crippen LogP contribution >= 0.6 is 0 Å². The number of aryl methyl sites for hydroxylation is 1. The molecule has 2 heterocycles. The lowest BCUT2D eigenvalue weighted by molar-refractivity contribution is -1.02. The Morgan fingerprint density at radius 2 is 1.59 bits per heavy atom. The fourth-order valence-corrected chi connectivity index (χ4v) is 4.28. The molecule has 0 bridgehead atoms. The molecule has 2 saturated heterocycles. The lowest BCUT2D eigenvalue weighted by Gasteiger charge is -2.37. The average molecular weight is 305 g/mol. The zero-order chi connectivity index (χ0) is 15.2. The summed E-state index contributed by atoms with van der Waals surface area (Å²) < 4.78 is 0. The van der Waals surface area contributed by atoms with Crippen molar-refractivity contribution in [2.75, 3.05) is 52.9 Å². The predicted molar refractivity (Wildman–Crippen MR) is 90.7 cm³/mol. The zero-order valence-electron chi connectivity index (χ0n) is 14.2. The molecule has 0 aliphatic carbocycles. The molecule has 1 aromatic carbocycles. The Morgan fingerprint density at radius 1 is 0.909 bits per heavy atom. The van der Waals surface area contributed by atoms with Crippen LogP contribution in [-0.4, -0.2) is 58.9 Å². The van der Waals surface area contributed by atoms with Crippen LogP contribution < -0.4 is 14.7 Å². The van der Waals surface area contributed by atoms with E-state index in [9.17, 15) is 0 Å². The van der Waals surface area contributed by atoms with Gasteiger partial charge in [0.1, 0.15) is 26.2 Å². The molecule has 122 valence electrons. The predicted octanol–water partition coefficient (Wildman–Crippen LogP) is -1.92. The number of nitrogens with one attached hydrogen (secondary N) is 3. The number of rotatable bonds is 5. The standard InChI is InChI=1S/C19H31N3/c1-20-14-16-22(17-15-20)19-9-12-21(13-10-19)11-5-8-18-6-3-2-4-7-18/h2-4,6-7,19H,5,8-17H2,1H3/p+3. The van der Waals surface area contributed by atoms with E-state index >= 15 is 0 Å². The second-order valence-corrected chi connectivity index (χ2v) is 7.48. The average Bonchev–Trinajstić information content (AvgIpc) is 2.57. The number of quaternary nitrogens is 3. The van der Waals surface area contributed by atoms with Gasteiger partial charge in [-0.05, 0) is 12.0 Å². The molecular weight excluding hydrogens is 270 g/mol. The molecule has 1 aromatic rings. The molecule has 0 unspecified atom stereocenters. The van der Waals surface area contributed by atoms with Gasteiger partial charge in [-0.2, -0.15) is 0 Å². The van der Waals surface area contributed by atoms with Crippen LogP contribution in [0.3, 0.4) is 0 Å². The molecule has 2 aliphatic rings. The first-order valence-corrected chi connectivity index (χ1v) is 9.34. The molecular formula is C19H34N3+3. The second-order valence-electron chi connectivity index (χ2n) is 7.48. The van der Waals surface area contributed by atoms with Crippen molar-refractivity contribution >= 4 is 0 Å². The molecule has 3 rings (SSSR count). The molecule has 0 saturated carbocycles. The Kier molecular flexibility index (Phi) is 5.88. The molecule has 22 heavy (non-hydrogen) atoms. The highest BCUT2D eigenvalue weighted by Crippen LogP contribution is 2.01. The molecule has 3 heteroatoms. The van der Waals surface area contributed by atoms with E-state index in [1.165, 1.54) is 77.1 Å². The van der Waals surface area contributed by atoms with Gasteiger partial charge in [0.15, 0.2) is 0 Å². The molecule has 0 atom stereocenters. The highest BCUT2D eigenvalue weighted by molar-refractivity contribution is 5.14. The van der Waals surface area contributed by atoms with Gasteiger partial charge < -0.3 is 14.7 Å². The molecule has 0 spiro atoms. The summed E-state index contributed by atoms with van der Waals surface area (Å²) in [5, 5.41) is 0. The minimum atomic E-state index is 0.964. The third kappa shape index (κ3) is 4.55. The maximum absolute atomic E-state index is 2.34. The van der Waals surface area contributed by atoms with Crippen molar-refractivity contribution in [2.24, 2.45) is 0 Å². The molecule has 3 nitrogen and oxygen atoms in total. The summed E-state index contributed by atoms with van der Waals surface area (Å²) in [6, 6.07) is 11.9. The van der Waals surface area contributed by atoms with Gasteiger partial charge in [-0.25, -0.2) is 0 Å². The topological polar surface area (TPSA) is 13.3 Å². The van der Waals surface area contributed by atoms with Crippen LogP contribution in [0.25, 0.3) is 0 Å². The van der Waals surface area contributed by atoms with E-state index in [1.807, 2.05) is 9.80 Å². The minimum absolute atomic E-state index is 0.964. The first kappa shape index (κ1) is 16.0. The Hall–Kier alpha value is -0.900. The highest BCUT2D eigenvalue weighted by atomic mass is 15.3. The van der Waals surface area contributed by atoms with Crippen LogP contribution in [0, 0.1) is 0 Å². The summed E-state index contributed by atoms with van der Waals surface area (Å²) >= 11 is 0. The van der Waals surface area contributed by atoms with E-state index in [-0.39, 0.29) is 0 Å². The molecule has 0 amide bonds. The molecule has 0 radical (unpaired) electrons. The van der Waals surface area contributed by atoms with Gasteiger partial charge in [-0.15, -0.1) is 0 Å². The van der Waals surface area contributed by atoms with E-state index in [0.717, 1.165) is 6.04 Å². The molecule has 2 aliphatic heterocycles. The van der Waals surface area contributed by atoms with Gasteiger partial charge >= 0.3 is 0 Å². The van der Waals surface area contributed by atoms with Crippen LogP contribution in [0.15, 0.2) is 30.3 Å². The highest BCUT2D eigenvalue weighted by Gasteiger charge is 2.32. The quantitative estimate of drug-likeness (QED) is 0.561. The van der Waals surface area contributed by atoms with Crippen LogP contribution in [0.4, 0.5) is 0 Å². The number of likely N-dealkylation sites (N-methyl/N-ethyl adjacent to an activating group) is 1. The number of hydrogen-bond donors (Lipinski definition) is 3. The van der Waals surface area contributed by atoms with E-state index in [4.69, 9.17) is 0 Å². The Labute approximate surface area is 135 Å². The Bertz CT molecular complexity index is 418. The monoisotopic (exact) mass is 304 g/mol. The summed E-state index contributed by atoms with van der Waals surface area (Å²) in [5.74, 6) is 0. The van der Waals surface area contributed by atoms with Crippen LogP contribution in [0.5, 0.6) is 0 Å². The van der Waals surface area contributed by atoms with Gasteiger partial charge in [0.2, 0.25) is 0 Å². The van der Waals surface area contributed by atoms with Crippen molar-refractivity contribution in [1.29, 1.82) is 0 Å². The number of hydrogen-bond acceptors (Lipinski definition) is 0. The van der Waals surface area contributed by atoms with E-state index < -0.39 is 0 Å². The fourth-order valence-electron chi connectivity index (χ4n) is 4.28. The van der Waals surface area contributed by atoms with Gasteiger partial charge in [-0.1, -0.05) is 30.3 Å². The molecule has 0 aromatic heterocycles. The first-order valence-electron chi connectivity index (χ1n) is 9.34. The summed E-state index contributed by atoms with van der Waals surface area (Å²) in [6.45, 7) is 9.74. The fraction of sp³-hybridized carbons (Fsp3) is 0.684. The van der Waals surface area contributed by atoms with Crippen molar-refractivity contribution in [3.05, 3.63) is 35.9 Å².